The van der Waals surface area contributed by atoms with Gasteiger partial charge >= 0.3 is 6.03 Å². The number of piperazine rings is 1. The quantitative estimate of drug-likeness (QED) is 0.525. The fraction of sp³-hybridized carbons (Fsp3) is 0.500. The van der Waals surface area contributed by atoms with Gasteiger partial charge in [0.2, 0.25) is 5.91 Å². The summed E-state index contributed by atoms with van der Waals surface area (Å²) in [5.74, 6) is 0.527. The summed E-state index contributed by atoms with van der Waals surface area (Å²) < 4.78 is 1.99. The van der Waals surface area contributed by atoms with Crippen molar-refractivity contribution in [3.8, 4) is 0 Å². The molecule has 36 heavy (non-hydrogen) atoms. The maximum atomic E-state index is 13.1. The van der Waals surface area contributed by atoms with Gasteiger partial charge < -0.3 is 15.5 Å². The minimum atomic E-state index is -0.367. The maximum absolute atomic E-state index is 13.1. The highest BCUT2D eigenvalue weighted by Gasteiger charge is 2.35. The Morgan fingerprint density at radius 3 is 2.36 bits per heavy atom. The number of primary amides is 1. The number of halogens is 3. The van der Waals surface area contributed by atoms with Gasteiger partial charge in [0.1, 0.15) is 0 Å². The first-order chi connectivity index (χ1) is 17.3. The van der Waals surface area contributed by atoms with Gasteiger partial charge in [-0.15, -0.1) is 0 Å². The highest BCUT2D eigenvalue weighted by atomic mass is 79.9. The van der Waals surface area contributed by atoms with E-state index in [1.54, 1.807) is 4.90 Å². The molecule has 2 N–H and O–H groups in total. The van der Waals surface area contributed by atoms with Crippen molar-refractivity contribution < 1.29 is 9.59 Å². The number of nitrogens with zero attached hydrogens (tertiary/aromatic N) is 4. The number of pyridine rings is 1. The molecule has 1 aliphatic carbocycles. The number of carbonyl (C=O) groups excluding carboxylic acids is 2. The summed E-state index contributed by atoms with van der Waals surface area (Å²) >= 11 is 13.8. The van der Waals surface area contributed by atoms with Gasteiger partial charge in [-0.25, -0.2) is 4.79 Å². The molecule has 2 fully saturated rings. The first-order valence-corrected chi connectivity index (χ1v) is 14.4. The third kappa shape index (κ3) is 5.44. The number of likely N-dealkylation sites (tertiary alicyclic amines) is 1. The van der Waals surface area contributed by atoms with Crippen LogP contribution in [0, 0.1) is 5.92 Å². The fourth-order valence-electron chi connectivity index (χ4n) is 5.81. The van der Waals surface area contributed by atoms with Crippen LogP contribution in [0.4, 0.5) is 4.79 Å². The molecule has 1 aromatic heterocycles. The lowest BCUT2D eigenvalue weighted by Crippen LogP contribution is -2.50. The lowest BCUT2D eigenvalue weighted by molar-refractivity contribution is -0.134. The van der Waals surface area contributed by atoms with Crippen molar-refractivity contribution >= 4 is 55.4 Å². The van der Waals surface area contributed by atoms with Crippen molar-refractivity contribution in [2.45, 2.75) is 38.1 Å². The maximum Gasteiger partial charge on any atom is 0.314 e. The molecule has 0 spiro atoms. The standard InChI is InChI=1S/C26H30Br2ClN5O2/c27-19-12-18-2-1-17-13-20(29)14-21(28)23(17)25(24(18)31-15-19)33-9-7-32(8-10-33)22(35)11-16-3-5-34(6-4-16)26(30)36/h12-16,25H,1-11H2,(H2,30,36)/t25-/m0/s1. The van der Waals surface area contributed by atoms with E-state index >= 15 is 0 Å². The Hall–Kier alpha value is -1.68. The van der Waals surface area contributed by atoms with Crippen molar-refractivity contribution in [2.75, 3.05) is 39.3 Å². The normalized spacial score (nSPS) is 21.0. The second-order valence-corrected chi connectivity index (χ2v) is 12.2. The number of hydrogen-bond donors (Lipinski definition) is 1. The van der Waals surface area contributed by atoms with Crippen molar-refractivity contribution in [1.82, 2.24) is 19.7 Å². The van der Waals surface area contributed by atoms with E-state index in [0.717, 1.165) is 58.4 Å². The van der Waals surface area contributed by atoms with Crippen LogP contribution in [-0.2, 0) is 17.6 Å². The molecule has 5 rings (SSSR count). The smallest absolute Gasteiger partial charge is 0.314 e. The number of fused-ring (bicyclic) bond motifs is 2. The minimum Gasteiger partial charge on any atom is -0.351 e. The van der Waals surface area contributed by atoms with Crippen LogP contribution in [-0.4, -0.2) is 70.9 Å². The molecular formula is C26H30Br2ClN5O2. The Kier molecular flexibility index (Phi) is 7.91. The fourth-order valence-corrected chi connectivity index (χ4v) is 7.28. The van der Waals surface area contributed by atoms with Gasteiger partial charge in [-0.3, -0.25) is 14.7 Å². The van der Waals surface area contributed by atoms with Crippen LogP contribution in [0.5, 0.6) is 0 Å². The third-order valence-corrected chi connectivity index (χ3v) is 9.07. The van der Waals surface area contributed by atoms with Crippen LogP contribution in [0.25, 0.3) is 0 Å². The molecule has 7 nitrogen and oxygen atoms in total. The summed E-state index contributed by atoms with van der Waals surface area (Å²) in [7, 11) is 0. The van der Waals surface area contributed by atoms with E-state index in [2.05, 4.69) is 48.9 Å². The molecule has 2 aromatic rings. The molecule has 3 heterocycles. The molecule has 2 saturated heterocycles. The second-order valence-electron chi connectivity index (χ2n) is 9.95. The lowest BCUT2D eigenvalue weighted by atomic mass is 9.93. The molecule has 3 amide bonds. The monoisotopic (exact) mass is 637 g/mol. The Morgan fingerprint density at radius 2 is 1.67 bits per heavy atom. The number of hydrogen-bond acceptors (Lipinski definition) is 4. The number of carbonyl (C=O) groups is 2. The topological polar surface area (TPSA) is 82.8 Å². The number of benzene rings is 1. The molecule has 0 saturated carbocycles. The average molecular weight is 640 g/mol. The van der Waals surface area contributed by atoms with Crippen LogP contribution in [0.2, 0.25) is 5.02 Å². The van der Waals surface area contributed by atoms with Crippen molar-refractivity contribution in [3.63, 3.8) is 0 Å². The molecule has 0 radical (unpaired) electrons. The highest BCUT2D eigenvalue weighted by molar-refractivity contribution is 9.10. The van der Waals surface area contributed by atoms with E-state index in [9.17, 15) is 9.59 Å². The molecule has 1 aromatic carbocycles. The van der Waals surface area contributed by atoms with E-state index in [1.165, 1.54) is 16.7 Å². The molecule has 0 bridgehead atoms. The van der Waals surface area contributed by atoms with Gasteiger partial charge in [0.15, 0.2) is 0 Å². The Bertz CT molecular complexity index is 1160. The number of rotatable bonds is 3. The lowest BCUT2D eigenvalue weighted by Gasteiger charge is -2.40. The number of urea groups is 1. The molecule has 2 aliphatic heterocycles. The van der Waals surface area contributed by atoms with Crippen molar-refractivity contribution in [2.24, 2.45) is 11.7 Å². The molecule has 192 valence electrons. The molecule has 3 aliphatic rings. The van der Waals surface area contributed by atoms with Gasteiger partial charge in [0, 0.05) is 65.9 Å². The number of nitrogens with two attached hydrogens (primary N) is 1. The van der Waals surface area contributed by atoms with Crippen LogP contribution in [0.3, 0.4) is 0 Å². The van der Waals surface area contributed by atoms with Gasteiger partial charge in [0.05, 0.1) is 11.7 Å². The third-order valence-electron chi connectivity index (χ3n) is 7.77. The first-order valence-electron chi connectivity index (χ1n) is 12.5. The van der Waals surface area contributed by atoms with E-state index in [0.29, 0.717) is 38.5 Å². The van der Waals surface area contributed by atoms with E-state index < -0.39 is 0 Å². The Morgan fingerprint density at radius 1 is 0.972 bits per heavy atom. The predicted octanol–water partition coefficient (Wildman–Crippen LogP) is 4.77. The van der Waals surface area contributed by atoms with E-state index in [1.807, 2.05) is 17.2 Å². The van der Waals surface area contributed by atoms with Crippen molar-refractivity contribution in [1.29, 1.82) is 0 Å². The van der Waals surface area contributed by atoms with Crippen LogP contribution < -0.4 is 5.73 Å². The number of aromatic nitrogens is 1. The zero-order valence-corrected chi connectivity index (χ0v) is 24.0. The van der Waals surface area contributed by atoms with Gasteiger partial charge in [-0.05, 0) is 82.4 Å². The molecule has 10 heteroatoms. The zero-order chi connectivity index (χ0) is 25.4. The van der Waals surface area contributed by atoms with Crippen LogP contribution >= 0.6 is 43.5 Å². The number of aryl methyl sites for hydroxylation is 2. The minimum absolute atomic E-state index is 0.00706. The zero-order valence-electron chi connectivity index (χ0n) is 20.1. The van der Waals surface area contributed by atoms with Crippen LogP contribution in [0.1, 0.15) is 47.7 Å². The summed E-state index contributed by atoms with van der Waals surface area (Å²) in [6.07, 6.45) is 5.91. The van der Waals surface area contributed by atoms with Crippen molar-refractivity contribution in [3.05, 3.63) is 60.7 Å². The summed E-state index contributed by atoms with van der Waals surface area (Å²) in [5.41, 5.74) is 10.2. The Balaban J connectivity index is 1.31. The summed E-state index contributed by atoms with van der Waals surface area (Å²) in [6, 6.07) is 5.88. The number of amides is 3. The predicted molar refractivity (Wildman–Crippen MR) is 147 cm³/mol. The SMILES string of the molecule is NC(=O)N1CCC(CC(=O)N2CCN([C@@H]3c4ncc(Br)cc4CCc4cc(Cl)cc(Br)c43)CC2)CC1. The van der Waals surface area contributed by atoms with E-state index in [4.69, 9.17) is 22.3 Å². The summed E-state index contributed by atoms with van der Waals surface area (Å²) in [6.45, 7) is 4.24. The van der Waals surface area contributed by atoms with Gasteiger partial charge in [0.25, 0.3) is 0 Å². The molecular weight excluding hydrogens is 610 g/mol. The van der Waals surface area contributed by atoms with Crippen LogP contribution in [0.15, 0.2) is 33.3 Å². The second kappa shape index (κ2) is 11.0. The van der Waals surface area contributed by atoms with E-state index in [-0.39, 0.29) is 18.0 Å². The van der Waals surface area contributed by atoms with Gasteiger partial charge in [-0.2, -0.15) is 0 Å². The summed E-state index contributed by atoms with van der Waals surface area (Å²) in [4.78, 5) is 35.5. The first kappa shape index (κ1) is 25.9. The molecule has 1 atom stereocenters. The summed E-state index contributed by atoms with van der Waals surface area (Å²) in [5, 5.41) is 0.733. The largest absolute Gasteiger partial charge is 0.351 e. The Labute approximate surface area is 233 Å². The highest BCUT2D eigenvalue weighted by Crippen LogP contribution is 2.42. The molecule has 0 unspecified atom stereocenters. The average Bonchev–Trinajstić information content (AvgIpc) is 3.01. The van der Waals surface area contributed by atoms with Gasteiger partial charge in [-0.1, -0.05) is 27.5 Å². The number of piperidine rings is 1.